The first-order valence-corrected chi connectivity index (χ1v) is 6.32. The van der Waals surface area contributed by atoms with Gasteiger partial charge in [0.25, 0.3) is 0 Å². The van der Waals surface area contributed by atoms with Crippen molar-refractivity contribution in [1.29, 1.82) is 0 Å². The average molecular weight is 227 g/mol. The number of aliphatic carboxylic acids is 1. The van der Waals surface area contributed by atoms with Crippen LogP contribution in [0.25, 0.3) is 0 Å². The van der Waals surface area contributed by atoms with Crippen molar-refractivity contribution in [2.75, 3.05) is 13.2 Å². The predicted octanol–water partition coefficient (Wildman–Crippen LogP) is 1.54. The maximum absolute atomic E-state index is 11.4. The molecule has 16 heavy (non-hydrogen) atoms. The molecule has 0 aromatic carbocycles. The summed E-state index contributed by atoms with van der Waals surface area (Å²) in [6, 6.07) is 0.392. The summed E-state index contributed by atoms with van der Waals surface area (Å²) in [6.45, 7) is 1.12. The number of carbonyl (C=O) groups is 1. The second-order valence-corrected chi connectivity index (χ2v) is 4.98. The van der Waals surface area contributed by atoms with E-state index in [0.29, 0.717) is 32.1 Å². The third-order valence-corrected chi connectivity index (χ3v) is 3.84. The Bertz CT molecular complexity index is 243. The molecule has 0 bridgehead atoms. The van der Waals surface area contributed by atoms with Gasteiger partial charge in [0.2, 0.25) is 0 Å². The van der Waals surface area contributed by atoms with Crippen LogP contribution in [0, 0.1) is 0 Å². The lowest BCUT2D eigenvalue weighted by molar-refractivity contribution is -0.149. The Morgan fingerprint density at radius 3 is 2.38 bits per heavy atom. The Balaban J connectivity index is 1.98. The molecule has 2 aliphatic rings. The van der Waals surface area contributed by atoms with Crippen LogP contribution < -0.4 is 5.32 Å². The molecule has 0 aromatic heterocycles. The monoisotopic (exact) mass is 227 g/mol. The summed E-state index contributed by atoms with van der Waals surface area (Å²) < 4.78 is 5.26. The summed E-state index contributed by atoms with van der Waals surface area (Å²) >= 11 is 0. The highest BCUT2D eigenvalue weighted by Gasteiger charge is 2.41. The highest BCUT2D eigenvalue weighted by atomic mass is 16.5. The minimum Gasteiger partial charge on any atom is -0.480 e. The SMILES string of the molecule is O=C(O)C1(NC2CCCCC2)CCOCC1. The van der Waals surface area contributed by atoms with E-state index in [1.165, 1.54) is 19.3 Å². The highest BCUT2D eigenvalue weighted by molar-refractivity contribution is 5.79. The zero-order valence-corrected chi connectivity index (χ0v) is 9.71. The van der Waals surface area contributed by atoms with E-state index in [9.17, 15) is 9.90 Å². The summed E-state index contributed by atoms with van der Waals surface area (Å²) in [5.41, 5.74) is -0.722. The molecule has 4 nitrogen and oxygen atoms in total. The molecule has 1 saturated carbocycles. The molecule has 0 unspecified atom stereocenters. The Hall–Kier alpha value is -0.610. The summed E-state index contributed by atoms with van der Waals surface area (Å²) in [6.07, 6.45) is 7.18. The third kappa shape index (κ3) is 2.55. The summed E-state index contributed by atoms with van der Waals surface area (Å²) in [5, 5.41) is 12.8. The van der Waals surface area contributed by atoms with Gasteiger partial charge in [-0.2, -0.15) is 0 Å². The van der Waals surface area contributed by atoms with E-state index in [4.69, 9.17) is 4.74 Å². The smallest absolute Gasteiger partial charge is 0.324 e. The van der Waals surface area contributed by atoms with Crippen LogP contribution in [0.15, 0.2) is 0 Å². The van der Waals surface area contributed by atoms with Crippen LogP contribution in [0.2, 0.25) is 0 Å². The van der Waals surface area contributed by atoms with Crippen LogP contribution in [0.3, 0.4) is 0 Å². The minimum atomic E-state index is -0.722. The maximum atomic E-state index is 11.4. The molecule has 92 valence electrons. The molecule has 0 amide bonds. The van der Waals surface area contributed by atoms with Crippen molar-refractivity contribution < 1.29 is 14.6 Å². The Morgan fingerprint density at radius 1 is 1.19 bits per heavy atom. The zero-order chi connectivity index (χ0) is 11.4. The van der Waals surface area contributed by atoms with Gasteiger partial charge in [-0.3, -0.25) is 10.1 Å². The second-order valence-electron chi connectivity index (χ2n) is 4.98. The van der Waals surface area contributed by atoms with Gasteiger partial charge in [0.05, 0.1) is 0 Å². The largest absolute Gasteiger partial charge is 0.480 e. The van der Waals surface area contributed by atoms with Crippen LogP contribution in [0.5, 0.6) is 0 Å². The van der Waals surface area contributed by atoms with Gasteiger partial charge < -0.3 is 9.84 Å². The predicted molar refractivity (Wildman–Crippen MR) is 60.4 cm³/mol. The number of ether oxygens (including phenoxy) is 1. The molecule has 2 rings (SSSR count). The van der Waals surface area contributed by atoms with E-state index >= 15 is 0 Å². The van der Waals surface area contributed by atoms with E-state index < -0.39 is 11.5 Å². The quantitative estimate of drug-likeness (QED) is 0.768. The molecule has 0 spiro atoms. The first-order chi connectivity index (χ1) is 7.73. The van der Waals surface area contributed by atoms with Crippen molar-refractivity contribution in [3.63, 3.8) is 0 Å². The van der Waals surface area contributed by atoms with Gasteiger partial charge in [-0.05, 0) is 25.7 Å². The fourth-order valence-corrected chi connectivity index (χ4v) is 2.78. The first-order valence-electron chi connectivity index (χ1n) is 6.32. The lowest BCUT2D eigenvalue weighted by Gasteiger charge is -2.38. The molecule has 0 radical (unpaired) electrons. The van der Waals surface area contributed by atoms with Crippen LogP contribution in [-0.4, -0.2) is 35.9 Å². The molecule has 1 aliphatic carbocycles. The first kappa shape index (κ1) is 11.9. The third-order valence-electron chi connectivity index (χ3n) is 3.84. The fraction of sp³-hybridized carbons (Fsp3) is 0.917. The molecule has 1 heterocycles. The number of hydrogen-bond donors (Lipinski definition) is 2. The summed E-state index contributed by atoms with van der Waals surface area (Å²) in [5.74, 6) is -0.707. The molecule has 2 N–H and O–H groups in total. The number of hydrogen-bond acceptors (Lipinski definition) is 3. The molecular formula is C12H21NO3. The number of carboxylic acid groups (broad SMARTS) is 1. The highest BCUT2D eigenvalue weighted by Crippen LogP contribution is 2.26. The number of rotatable bonds is 3. The standard InChI is InChI=1S/C12H21NO3/c14-11(15)12(6-8-16-9-7-12)13-10-4-2-1-3-5-10/h10,13H,1-9H2,(H,14,15). The van der Waals surface area contributed by atoms with Gasteiger partial charge in [0.15, 0.2) is 0 Å². The Labute approximate surface area is 96.4 Å². The fourth-order valence-electron chi connectivity index (χ4n) is 2.78. The Kier molecular flexibility index (Phi) is 3.82. The zero-order valence-electron chi connectivity index (χ0n) is 9.71. The summed E-state index contributed by atoms with van der Waals surface area (Å²) in [7, 11) is 0. The summed E-state index contributed by atoms with van der Waals surface area (Å²) in [4.78, 5) is 11.4. The van der Waals surface area contributed by atoms with Gasteiger partial charge in [-0.15, -0.1) is 0 Å². The van der Waals surface area contributed by atoms with E-state index in [-0.39, 0.29) is 0 Å². The average Bonchev–Trinajstić information content (AvgIpc) is 2.31. The van der Waals surface area contributed by atoms with Crippen LogP contribution in [0.1, 0.15) is 44.9 Å². The number of nitrogens with one attached hydrogen (secondary N) is 1. The lowest BCUT2D eigenvalue weighted by Crippen LogP contribution is -2.59. The van der Waals surface area contributed by atoms with Crippen LogP contribution in [-0.2, 0) is 9.53 Å². The minimum absolute atomic E-state index is 0.392. The molecule has 1 aliphatic heterocycles. The van der Waals surface area contributed by atoms with Crippen LogP contribution >= 0.6 is 0 Å². The van der Waals surface area contributed by atoms with Gasteiger partial charge in [-0.25, -0.2) is 0 Å². The van der Waals surface area contributed by atoms with Crippen molar-refractivity contribution in [2.24, 2.45) is 0 Å². The lowest BCUT2D eigenvalue weighted by atomic mass is 9.86. The van der Waals surface area contributed by atoms with Gasteiger partial charge >= 0.3 is 5.97 Å². The second kappa shape index (κ2) is 5.15. The van der Waals surface area contributed by atoms with Crippen LogP contribution in [0.4, 0.5) is 0 Å². The van der Waals surface area contributed by atoms with Crippen molar-refractivity contribution in [3.8, 4) is 0 Å². The maximum Gasteiger partial charge on any atom is 0.324 e. The van der Waals surface area contributed by atoms with Crippen molar-refractivity contribution in [1.82, 2.24) is 5.32 Å². The molecular weight excluding hydrogens is 206 g/mol. The van der Waals surface area contributed by atoms with Crippen molar-refractivity contribution >= 4 is 5.97 Å². The molecule has 0 atom stereocenters. The van der Waals surface area contributed by atoms with E-state index in [2.05, 4.69) is 5.32 Å². The molecule has 4 heteroatoms. The van der Waals surface area contributed by atoms with E-state index in [1.54, 1.807) is 0 Å². The van der Waals surface area contributed by atoms with Gasteiger partial charge in [0, 0.05) is 19.3 Å². The van der Waals surface area contributed by atoms with Crippen molar-refractivity contribution in [2.45, 2.75) is 56.5 Å². The topological polar surface area (TPSA) is 58.6 Å². The van der Waals surface area contributed by atoms with Crippen molar-refractivity contribution in [3.05, 3.63) is 0 Å². The molecule has 2 fully saturated rings. The Morgan fingerprint density at radius 2 is 1.81 bits per heavy atom. The molecule has 1 saturated heterocycles. The number of carboxylic acids is 1. The van der Waals surface area contributed by atoms with Gasteiger partial charge in [0.1, 0.15) is 5.54 Å². The normalized spacial score (nSPS) is 26.5. The van der Waals surface area contributed by atoms with Gasteiger partial charge in [-0.1, -0.05) is 19.3 Å². The molecule has 0 aromatic rings. The van der Waals surface area contributed by atoms with E-state index in [1.807, 2.05) is 0 Å². The van der Waals surface area contributed by atoms with E-state index in [0.717, 1.165) is 12.8 Å².